The molecule has 6 heteroatoms. The highest BCUT2D eigenvalue weighted by Gasteiger charge is 2.39. The molecule has 0 aromatic heterocycles. The second kappa shape index (κ2) is 8.45. The summed E-state index contributed by atoms with van der Waals surface area (Å²) in [5.74, 6) is 0.430. The van der Waals surface area contributed by atoms with Crippen LogP contribution >= 0.6 is 0 Å². The van der Waals surface area contributed by atoms with Crippen molar-refractivity contribution in [3.8, 4) is 5.75 Å². The Morgan fingerprint density at radius 2 is 1.84 bits per heavy atom. The third-order valence-electron chi connectivity index (χ3n) is 4.82. The van der Waals surface area contributed by atoms with Gasteiger partial charge in [0.15, 0.2) is 0 Å². The van der Waals surface area contributed by atoms with Crippen LogP contribution in [0.2, 0.25) is 0 Å². The fourth-order valence-corrected chi connectivity index (χ4v) is 3.50. The van der Waals surface area contributed by atoms with E-state index < -0.39 is 6.04 Å². The van der Waals surface area contributed by atoms with Crippen molar-refractivity contribution in [3.05, 3.63) is 24.3 Å². The molecule has 136 valence electrons. The van der Waals surface area contributed by atoms with E-state index >= 15 is 0 Å². The van der Waals surface area contributed by atoms with Gasteiger partial charge in [0.05, 0.1) is 24.8 Å². The molecule has 2 aliphatic heterocycles. The summed E-state index contributed by atoms with van der Waals surface area (Å²) in [6.07, 6.45) is 4.06. The average Bonchev–Trinajstić information content (AvgIpc) is 2.91. The van der Waals surface area contributed by atoms with E-state index in [4.69, 9.17) is 4.74 Å². The van der Waals surface area contributed by atoms with Crippen molar-refractivity contribution in [2.45, 2.75) is 38.6 Å². The Hall–Kier alpha value is -1.92. The van der Waals surface area contributed by atoms with Gasteiger partial charge in [0.2, 0.25) is 5.91 Å². The Labute approximate surface area is 149 Å². The number of hydrogen-bond acceptors (Lipinski definition) is 5. The first-order valence-electron chi connectivity index (χ1n) is 9.24. The zero-order valence-electron chi connectivity index (χ0n) is 14.9. The van der Waals surface area contributed by atoms with Gasteiger partial charge in [-0.15, -0.1) is 0 Å². The lowest BCUT2D eigenvalue weighted by molar-refractivity contribution is -0.121. The Morgan fingerprint density at radius 1 is 1.12 bits per heavy atom. The minimum Gasteiger partial charge on any atom is -0.494 e. The maximum absolute atomic E-state index is 12.6. The Morgan fingerprint density at radius 3 is 2.52 bits per heavy atom. The lowest BCUT2D eigenvalue weighted by Crippen LogP contribution is -2.43. The van der Waals surface area contributed by atoms with E-state index in [-0.39, 0.29) is 18.2 Å². The molecule has 6 nitrogen and oxygen atoms in total. The van der Waals surface area contributed by atoms with Crippen LogP contribution in [0.1, 0.15) is 32.6 Å². The molecule has 1 N–H and O–H groups in total. The number of anilines is 1. The number of piperidine rings is 1. The third kappa shape index (κ3) is 4.38. The number of imide groups is 1. The molecule has 0 aliphatic carbocycles. The van der Waals surface area contributed by atoms with Crippen molar-refractivity contribution >= 4 is 17.5 Å². The predicted molar refractivity (Wildman–Crippen MR) is 96.8 cm³/mol. The van der Waals surface area contributed by atoms with Crippen molar-refractivity contribution < 1.29 is 14.3 Å². The van der Waals surface area contributed by atoms with Crippen LogP contribution in [0.5, 0.6) is 5.75 Å². The van der Waals surface area contributed by atoms with Crippen LogP contribution in [0.4, 0.5) is 5.69 Å². The molecule has 2 fully saturated rings. The molecule has 1 atom stereocenters. The zero-order valence-corrected chi connectivity index (χ0v) is 14.9. The van der Waals surface area contributed by atoms with Gasteiger partial charge in [0, 0.05) is 13.1 Å². The Bertz CT molecular complexity index is 596. The van der Waals surface area contributed by atoms with E-state index in [9.17, 15) is 9.59 Å². The minimum absolute atomic E-state index is 0.148. The Balaban J connectivity index is 1.54. The van der Waals surface area contributed by atoms with Gasteiger partial charge in [0.1, 0.15) is 5.75 Å². The lowest BCUT2D eigenvalue weighted by atomic mass is 10.1. The van der Waals surface area contributed by atoms with Crippen molar-refractivity contribution in [2.75, 3.05) is 37.7 Å². The molecule has 2 aliphatic rings. The van der Waals surface area contributed by atoms with E-state index in [0.29, 0.717) is 12.3 Å². The molecule has 2 amide bonds. The molecule has 0 unspecified atom stereocenters. The van der Waals surface area contributed by atoms with Gasteiger partial charge in [-0.2, -0.15) is 0 Å². The molecule has 2 heterocycles. The van der Waals surface area contributed by atoms with Gasteiger partial charge in [-0.3, -0.25) is 9.59 Å². The highest BCUT2D eigenvalue weighted by atomic mass is 16.5. The molecule has 0 bridgehead atoms. The smallest absolute Gasteiger partial charge is 0.251 e. The quantitative estimate of drug-likeness (QED) is 0.764. The normalized spacial score (nSPS) is 21.8. The van der Waals surface area contributed by atoms with Gasteiger partial charge >= 0.3 is 0 Å². The summed E-state index contributed by atoms with van der Waals surface area (Å²) in [5, 5.41) is 3.26. The molecular formula is C19H27N3O3. The fraction of sp³-hybridized carbons (Fsp3) is 0.579. The monoisotopic (exact) mass is 345 g/mol. The highest BCUT2D eigenvalue weighted by molar-refractivity contribution is 6.22. The minimum atomic E-state index is -0.413. The first-order chi connectivity index (χ1) is 12.2. The zero-order chi connectivity index (χ0) is 17.6. The van der Waals surface area contributed by atoms with Crippen LogP contribution < -0.4 is 15.0 Å². The number of nitrogens with one attached hydrogen (secondary N) is 1. The van der Waals surface area contributed by atoms with Gasteiger partial charge in [-0.25, -0.2) is 4.90 Å². The molecule has 0 radical (unpaired) electrons. The summed E-state index contributed by atoms with van der Waals surface area (Å²) in [5.41, 5.74) is 0.610. The van der Waals surface area contributed by atoms with Crippen molar-refractivity contribution in [1.82, 2.24) is 10.2 Å². The number of likely N-dealkylation sites (tertiary alicyclic amines) is 1. The standard InChI is InChI=1S/C19H27N3O3/c1-2-25-16-8-6-15(7-9-16)22-18(23)14-17(19(22)24)20-10-13-21-11-4-3-5-12-21/h6-9,17,20H,2-5,10-14H2,1H3/t17-/m0/s1. The molecule has 0 spiro atoms. The number of amides is 2. The van der Waals surface area contributed by atoms with Crippen LogP contribution in [0.15, 0.2) is 24.3 Å². The summed E-state index contributed by atoms with van der Waals surface area (Å²) in [6.45, 7) is 6.45. The SMILES string of the molecule is CCOc1ccc(N2C(=O)C[C@H](NCCN3CCCCC3)C2=O)cc1. The number of benzene rings is 1. The van der Waals surface area contributed by atoms with E-state index in [1.54, 1.807) is 24.3 Å². The number of carbonyl (C=O) groups excluding carboxylic acids is 2. The van der Waals surface area contributed by atoms with Crippen LogP contribution in [0.25, 0.3) is 0 Å². The number of hydrogen-bond donors (Lipinski definition) is 1. The third-order valence-corrected chi connectivity index (χ3v) is 4.82. The average molecular weight is 345 g/mol. The maximum Gasteiger partial charge on any atom is 0.251 e. The molecule has 25 heavy (non-hydrogen) atoms. The number of carbonyl (C=O) groups is 2. The van der Waals surface area contributed by atoms with Crippen LogP contribution in [0.3, 0.4) is 0 Å². The number of ether oxygens (including phenoxy) is 1. The Kier molecular flexibility index (Phi) is 6.04. The summed E-state index contributed by atoms with van der Waals surface area (Å²) in [6, 6.07) is 6.68. The molecule has 3 rings (SSSR count). The van der Waals surface area contributed by atoms with Crippen LogP contribution in [0, 0.1) is 0 Å². The molecule has 0 saturated carbocycles. The number of rotatable bonds is 7. The molecule has 1 aromatic rings. The first-order valence-corrected chi connectivity index (χ1v) is 9.24. The number of nitrogens with zero attached hydrogens (tertiary/aromatic N) is 2. The lowest BCUT2D eigenvalue weighted by Gasteiger charge is -2.26. The fourth-order valence-electron chi connectivity index (χ4n) is 3.50. The summed E-state index contributed by atoms with van der Waals surface area (Å²) >= 11 is 0. The molecule has 1 aromatic carbocycles. The van der Waals surface area contributed by atoms with E-state index in [1.807, 2.05) is 6.92 Å². The van der Waals surface area contributed by atoms with Gasteiger partial charge in [-0.05, 0) is 57.1 Å². The second-order valence-corrected chi connectivity index (χ2v) is 6.61. The molecular weight excluding hydrogens is 318 g/mol. The van der Waals surface area contributed by atoms with Gasteiger partial charge in [-0.1, -0.05) is 6.42 Å². The molecule has 2 saturated heterocycles. The topological polar surface area (TPSA) is 61.9 Å². The predicted octanol–water partition coefficient (Wildman–Crippen LogP) is 1.79. The summed E-state index contributed by atoms with van der Waals surface area (Å²) in [7, 11) is 0. The van der Waals surface area contributed by atoms with Gasteiger partial charge in [0.25, 0.3) is 5.91 Å². The van der Waals surface area contributed by atoms with Crippen molar-refractivity contribution in [2.24, 2.45) is 0 Å². The second-order valence-electron chi connectivity index (χ2n) is 6.61. The van der Waals surface area contributed by atoms with Crippen molar-refractivity contribution in [3.63, 3.8) is 0 Å². The highest BCUT2D eigenvalue weighted by Crippen LogP contribution is 2.25. The summed E-state index contributed by atoms with van der Waals surface area (Å²) in [4.78, 5) is 28.6. The van der Waals surface area contributed by atoms with Crippen LogP contribution in [-0.2, 0) is 9.59 Å². The van der Waals surface area contributed by atoms with E-state index in [1.165, 1.54) is 24.2 Å². The maximum atomic E-state index is 12.6. The van der Waals surface area contributed by atoms with E-state index in [0.717, 1.165) is 31.9 Å². The van der Waals surface area contributed by atoms with E-state index in [2.05, 4.69) is 10.2 Å². The summed E-state index contributed by atoms with van der Waals surface area (Å²) < 4.78 is 5.40. The largest absolute Gasteiger partial charge is 0.494 e. The first kappa shape index (κ1) is 17.9. The van der Waals surface area contributed by atoms with Gasteiger partial charge < -0.3 is 15.0 Å². The van der Waals surface area contributed by atoms with Crippen molar-refractivity contribution in [1.29, 1.82) is 0 Å². The van der Waals surface area contributed by atoms with Crippen LogP contribution in [-0.4, -0.2) is 55.5 Å².